The van der Waals surface area contributed by atoms with E-state index in [1.807, 2.05) is 0 Å². The maximum atomic E-state index is 12.6. The molecule has 2 heterocycles. The van der Waals surface area contributed by atoms with Crippen LogP contribution in [0.15, 0.2) is 47.4 Å². The average molecular weight is 464 g/mol. The third kappa shape index (κ3) is 5.42. The summed E-state index contributed by atoms with van der Waals surface area (Å²) in [5.41, 5.74) is 0.790. The van der Waals surface area contributed by atoms with Crippen LogP contribution in [0.25, 0.3) is 0 Å². The summed E-state index contributed by atoms with van der Waals surface area (Å²) < 4.78 is 48.0. The molecule has 0 radical (unpaired) electrons. The third-order valence-corrected chi connectivity index (χ3v) is 6.90. The van der Waals surface area contributed by atoms with E-state index in [0.29, 0.717) is 56.7 Å². The van der Waals surface area contributed by atoms with Crippen molar-refractivity contribution in [2.75, 3.05) is 46.2 Å². The molecule has 2 amide bonds. The van der Waals surface area contributed by atoms with Crippen LogP contribution in [0.4, 0.5) is 4.79 Å². The van der Waals surface area contributed by atoms with Gasteiger partial charge < -0.3 is 29.6 Å². The lowest BCUT2D eigenvalue weighted by Crippen LogP contribution is -2.40. The maximum absolute atomic E-state index is 12.6. The first kappa shape index (κ1) is 22.2. The van der Waals surface area contributed by atoms with E-state index in [0.717, 1.165) is 5.56 Å². The summed E-state index contributed by atoms with van der Waals surface area (Å²) >= 11 is 0. The van der Waals surface area contributed by atoms with Crippen LogP contribution >= 0.6 is 0 Å². The summed E-state index contributed by atoms with van der Waals surface area (Å²) in [7, 11) is -3.53. The number of nitrogens with one attached hydrogen (secondary N) is 2. The number of ether oxygens (including phenoxy) is 4. The highest BCUT2D eigenvalue weighted by atomic mass is 32.2. The number of hydrogen-bond acceptors (Lipinski definition) is 7. The zero-order valence-corrected chi connectivity index (χ0v) is 18.2. The van der Waals surface area contributed by atoms with Gasteiger partial charge in [-0.1, -0.05) is 12.1 Å². The van der Waals surface area contributed by atoms with E-state index in [-0.39, 0.29) is 24.3 Å². The zero-order chi connectivity index (χ0) is 22.4. The molecule has 0 spiro atoms. The highest BCUT2D eigenvalue weighted by Crippen LogP contribution is 2.34. The Labute approximate surface area is 186 Å². The van der Waals surface area contributed by atoms with Crippen molar-refractivity contribution in [2.45, 2.75) is 11.4 Å². The molecule has 4 rings (SSSR count). The van der Waals surface area contributed by atoms with Gasteiger partial charge >= 0.3 is 6.03 Å². The smallest absolute Gasteiger partial charge is 0.315 e. The van der Waals surface area contributed by atoms with Crippen LogP contribution < -0.4 is 24.8 Å². The average Bonchev–Trinajstić information content (AvgIpc) is 3.29. The Hall–Kier alpha value is -3.02. The van der Waals surface area contributed by atoms with Crippen molar-refractivity contribution in [3.05, 3.63) is 48.0 Å². The molecule has 172 valence electrons. The van der Waals surface area contributed by atoms with E-state index in [2.05, 4.69) is 10.6 Å². The van der Waals surface area contributed by atoms with Crippen LogP contribution in [0.1, 0.15) is 5.56 Å². The summed E-state index contributed by atoms with van der Waals surface area (Å²) in [6.07, 6.45) is 0. The molecule has 1 fully saturated rings. The SMILES string of the molecule is O=C(NCCOc1ccc2c(c1)OCO2)NCc1ccc(S(=O)(=O)N2CCOCC2)cc1. The van der Waals surface area contributed by atoms with Gasteiger partial charge in [-0.25, -0.2) is 13.2 Å². The van der Waals surface area contributed by atoms with E-state index in [1.165, 1.54) is 4.31 Å². The van der Waals surface area contributed by atoms with Crippen molar-refractivity contribution in [3.8, 4) is 17.2 Å². The van der Waals surface area contributed by atoms with E-state index in [1.54, 1.807) is 42.5 Å². The lowest BCUT2D eigenvalue weighted by atomic mass is 10.2. The minimum atomic E-state index is -3.53. The van der Waals surface area contributed by atoms with Crippen molar-refractivity contribution in [2.24, 2.45) is 0 Å². The quantitative estimate of drug-likeness (QED) is 0.567. The van der Waals surface area contributed by atoms with Gasteiger partial charge in [0.25, 0.3) is 0 Å². The predicted molar refractivity (Wildman–Crippen MR) is 114 cm³/mol. The lowest BCUT2D eigenvalue weighted by Gasteiger charge is -2.26. The number of amides is 2. The Kier molecular flexibility index (Phi) is 6.98. The molecule has 2 N–H and O–H groups in total. The number of morpholine rings is 1. The standard InChI is InChI=1S/C21H25N3O7S/c25-21(22-7-10-29-17-3-6-19-20(13-17)31-15-30-19)23-14-16-1-4-18(5-2-16)32(26,27)24-8-11-28-12-9-24/h1-6,13H,7-12,14-15H2,(H2,22,23,25). The highest BCUT2D eigenvalue weighted by Gasteiger charge is 2.26. The number of hydrogen-bond donors (Lipinski definition) is 2. The Morgan fingerprint density at radius 1 is 1.00 bits per heavy atom. The van der Waals surface area contributed by atoms with Gasteiger partial charge in [0.05, 0.1) is 24.7 Å². The summed E-state index contributed by atoms with van der Waals surface area (Å²) in [4.78, 5) is 12.2. The molecule has 1 saturated heterocycles. The van der Waals surface area contributed by atoms with Gasteiger partial charge in [0.2, 0.25) is 16.8 Å². The lowest BCUT2D eigenvalue weighted by molar-refractivity contribution is 0.0730. The van der Waals surface area contributed by atoms with Crippen molar-refractivity contribution < 1.29 is 32.2 Å². The minimum Gasteiger partial charge on any atom is -0.492 e. The molecule has 10 nitrogen and oxygen atoms in total. The van der Waals surface area contributed by atoms with Gasteiger partial charge in [-0.15, -0.1) is 0 Å². The fraction of sp³-hybridized carbons (Fsp3) is 0.381. The number of urea groups is 1. The summed E-state index contributed by atoms with van der Waals surface area (Å²) in [5, 5.41) is 5.44. The molecule has 2 aliphatic rings. The van der Waals surface area contributed by atoms with Gasteiger partial charge in [-0.2, -0.15) is 4.31 Å². The van der Waals surface area contributed by atoms with Gasteiger partial charge in [0.15, 0.2) is 11.5 Å². The third-order valence-electron chi connectivity index (χ3n) is 4.98. The first-order chi connectivity index (χ1) is 15.5. The largest absolute Gasteiger partial charge is 0.492 e. The normalized spacial score (nSPS) is 15.9. The van der Waals surface area contributed by atoms with Gasteiger partial charge in [0, 0.05) is 25.7 Å². The van der Waals surface area contributed by atoms with Gasteiger partial charge in [-0.3, -0.25) is 0 Å². The fourth-order valence-electron chi connectivity index (χ4n) is 3.26. The molecule has 2 aromatic rings. The maximum Gasteiger partial charge on any atom is 0.315 e. The van der Waals surface area contributed by atoms with Crippen LogP contribution in [-0.2, 0) is 21.3 Å². The Bertz CT molecular complexity index is 1040. The van der Waals surface area contributed by atoms with Crippen molar-refractivity contribution in [1.82, 2.24) is 14.9 Å². The zero-order valence-electron chi connectivity index (χ0n) is 17.4. The Balaban J connectivity index is 1.18. The van der Waals surface area contributed by atoms with E-state index in [9.17, 15) is 13.2 Å². The van der Waals surface area contributed by atoms with Crippen LogP contribution in [0.2, 0.25) is 0 Å². The summed E-state index contributed by atoms with van der Waals surface area (Å²) in [6, 6.07) is 11.4. The molecule has 11 heteroatoms. The van der Waals surface area contributed by atoms with E-state index < -0.39 is 10.0 Å². The monoisotopic (exact) mass is 463 g/mol. The molecule has 0 aromatic heterocycles. The summed E-state index contributed by atoms with van der Waals surface area (Å²) in [6.45, 7) is 2.59. The van der Waals surface area contributed by atoms with E-state index in [4.69, 9.17) is 18.9 Å². The number of fused-ring (bicyclic) bond motifs is 1. The van der Waals surface area contributed by atoms with E-state index >= 15 is 0 Å². The van der Waals surface area contributed by atoms with Crippen LogP contribution in [-0.4, -0.2) is 65.0 Å². The van der Waals surface area contributed by atoms with Crippen molar-refractivity contribution in [1.29, 1.82) is 0 Å². The molecular weight excluding hydrogens is 438 g/mol. The first-order valence-corrected chi connectivity index (χ1v) is 11.7. The fourth-order valence-corrected chi connectivity index (χ4v) is 4.67. The number of carbonyl (C=O) groups excluding carboxylic acids is 1. The highest BCUT2D eigenvalue weighted by molar-refractivity contribution is 7.89. The topological polar surface area (TPSA) is 115 Å². The van der Waals surface area contributed by atoms with Crippen LogP contribution in [0.3, 0.4) is 0 Å². The molecule has 2 aromatic carbocycles. The summed E-state index contributed by atoms with van der Waals surface area (Å²) in [5.74, 6) is 1.95. The first-order valence-electron chi connectivity index (χ1n) is 10.2. The molecule has 0 aliphatic carbocycles. The second kappa shape index (κ2) is 10.1. The van der Waals surface area contributed by atoms with Crippen LogP contribution in [0.5, 0.6) is 17.2 Å². The number of nitrogens with zero attached hydrogens (tertiary/aromatic N) is 1. The Morgan fingerprint density at radius 3 is 2.53 bits per heavy atom. The molecule has 0 bridgehead atoms. The molecule has 0 atom stereocenters. The van der Waals surface area contributed by atoms with Crippen LogP contribution in [0, 0.1) is 0 Å². The van der Waals surface area contributed by atoms with Crippen molar-refractivity contribution in [3.63, 3.8) is 0 Å². The molecule has 0 unspecified atom stereocenters. The molecule has 2 aliphatic heterocycles. The molecule has 0 saturated carbocycles. The molecule has 32 heavy (non-hydrogen) atoms. The van der Waals surface area contributed by atoms with Gasteiger partial charge in [0.1, 0.15) is 12.4 Å². The number of benzene rings is 2. The van der Waals surface area contributed by atoms with Crippen molar-refractivity contribution >= 4 is 16.1 Å². The minimum absolute atomic E-state index is 0.201. The molecular formula is C21H25N3O7S. The number of carbonyl (C=O) groups is 1. The Morgan fingerprint density at radius 2 is 1.75 bits per heavy atom. The van der Waals surface area contributed by atoms with Gasteiger partial charge in [-0.05, 0) is 29.8 Å². The predicted octanol–water partition coefficient (Wildman–Crippen LogP) is 1.31. The second-order valence-electron chi connectivity index (χ2n) is 7.13. The number of rotatable bonds is 8. The number of sulfonamides is 1. The second-order valence-corrected chi connectivity index (χ2v) is 9.07.